The first kappa shape index (κ1) is 18.8. The lowest BCUT2D eigenvalue weighted by atomic mass is 10.0. The average molecular weight is 486 g/mol. The molecule has 7 nitrogen and oxygen atoms in total. The molecule has 1 aliphatic heterocycles. The number of aryl methyl sites for hydroxylation is 1. The summed E-state index contributed by atoms with van der Waals surface area (Å²) in [6.07, 6.45) is 0. The van der Waals surface area contributed by atoms with E-state index in [0.29, 0.717) is 30.8 Å². The Hall–Kier alpha value is -2.59. The maximum absolute atomic E-state index is 5.60. The summed E-state index contributed by atoms with van der Waals surface area (Å²) in [6.45, 7) is 3.08. The molecule has 0 saturated carbocycles. The largest absolute Gasteiger partial charge is 0.372 e. The summed E-state index contributed by atoms with van der Waals surface area (Å²) in [5.74, 6) is 2.57. The van der Waals surface area contributed by atoms with Crippen molar-refractivity contribution in [2.75, 3.05) is 10.2 Å². The number of H-pyrrole nitrogens is 1. The third kappa shape index (κ3) is 3.57. The number of hydrogen-bond acceptors (Lipinski definition) is 6. The third-order valence-corrected chi connectivity index (χ3v) is 4.45. The molecule has 2 N–H and O–H groups in total. The SMILES string of the molecule is CI.Cc1nc(Nc2nc(-c3cccc4c3COC4)nc3ccccc23)n[nH]1. The average Bonchev–Trinajstić information content (AvgIpc) is 3.38. The van der Waals surface area contributed by atoms with E-state index in [1.165, 1.54) is 5.56 Å². The lowest BCUT2D eigenvalue weighted by Crippen LogP contribution is -2.02. The van der Waals surface area contributed by atoms with Gasteiger partial charge in [0.1, 0.15) is 11.6 Å². The van der Waals surface area contributed by atoms with Gasteiger partial charge in [0.15, 0.2) is 5.82 Å². The van der Waals surface area contributed by atoms with Crippen molar-refractivity contribution in [1.29, 1.82) is 0 Å². The molecule has 4 aromatic rings. The summed E-state index contributed by atoms with van der Waals surface area (Å²) >= 11 is 2.15. The molecule has 0 bridgehead atoms. The van der Waals surface area contributed by atoms with E-state index in [1.807, 2.05) is 48.3 Å². The van der Waals surface area contributed by atoms with Gasteiger partial charge in [-0.05, 0) is 35.1 Å². The minimum Gasteiger partial charge on any atom is -0.372 e. The van der Waals surface area contributed by atoms with Gasteiger partial charge in [0.2, 0.25) is 5.95 Å². The monoisotopic (exact) mass is 486 g/mol. The molecule has 142 valence electrons. The summed E-state index contributed by atoms with van der Waals surface area (Å²) in [7, 11) is 0. The van der Waals surface area contributed by atoms with Gasteiger partial charge in [-0.1, -0.05) is 52.9 Å². The number of nitrogens with zero attached hydrogens (tertiary/aromatic N) is 4. The van der Waals surface area contributed by atoms with Gasteiger partial charge in [0.25, 0.3) is 0 Å². The first-order valence-corrected chi connectivity index (χ1v) is 10.9. The molecule has 0 saturated heterocycles. The van der Waals surface area contributed by atoms with Crippen LogP contribution in [0.5, 0.6) is 0 Å². The number of fused-ring (bicyclic) bond motifs is 2. The molecule has 0 radical (unpaired) electrons. The number of rotatable bonds is 3. The van der Waals surface area contributed by atoms with Crippen LogP contribution in [0.2, 0.25) is 0 Å². The van der Waals surface area contributed by atoms with Gasteiger partial charge in [-0.2, -0.15) is 4.98 Å². The molecule has 2 aromatic heterocycles. The van der Waals surface area contributed by atoms with E-state index in [9.17, 15) is 0 Å². The van der Waals surface area contributed by atoms with Gasteiger partial charge in [0, 0.05) is 10.9 Å². The van der Waals surface area contributed by atoms with Gasteiger partial charge < -0.3 is 10.1 Å². The van der Waals surface area contributed by atoms with Crippen molar-refractivity contribution in [2.45, 2.75) is 20.1 Å². The van der Waals surface area contributed by atoms with E-state index in [-0.39, 0.29) is 0 Å². The molecule has 2 aromatic carbocycles. The lowest BCUT2D eigenvalue weighted by molar-refractivity contribution is 0.134. The first-order valence-electron chi connectivity index (χ1n) is 8.77. The molecule has 0 fully saturated rings. The summed E-state index contributed by atoms with van der Waals surface area (Å²) in [6, 6.07) is 14.0. The van der Waals surface area contributed by atoms with Crippen LogP contribution in [0.3, 0.4) is 0 Å². The summed E-state index contributed by atoms with van der Waals surface area (Å²) in [5, 5.41) is 11.1. The Morgan fingerprint density at radius 1 is 1.00 bits per heavy atom. The Kier molecular flexibility index (Phi) is 5.49. The van der Waals surface area contributed by atoms with Gasteiger partial charge in [0.05, 0.1) is 18.7 Å². The maximum atomic E-state index is 5.60. The second-order valence-corrected chi connectivity index (χ2v) is 6.22. The van der Waals surface area contributed by atoms with Crippen molar-refractivity contribution in [3.05, 3.63) is 59.4 Å². The topological polar surface area (TPSA) is 88.6 Å². The zero-order chi connectivity index (χ0) is 19.5. The van der Waals surface area contributed by atoms with Crippen molar-refractivity contribution in [1.82, 2.24) is 25.1 Å². The quantitative estimate of drug-likeness (QED) is 0.327. The molecule has 0 atom stereocenters. The predicted octanol–water partition coefficient (Wildman–Crippen LogP) is 4.55. The van der Waals surface area contributed by atoms with Crippen LogP contribution in [-0.2, 0) is 18.0 Å². The van der Waals surface area contributed by atoms with Crippen molar-refractivity contribution in [2.24, 2.45) is 0 Å². The van der Waals surface area contributed by atoms with Crippen LogP contribution < -0.4 is 5.32 Å². The molecule has 0 amide bonds. The van der Waals surface area contributed by atoms with Gasteiger partial charge >= 0.3 is 0 Å². The molecular formula is C20H19IN6O. The van der Waals surface area contributed by atoms with Crippen molar-refractivity contribution in [3.63, 3.8) is 0 Å². The molecule has 0 spiro atoms. The molecule has 5 rings (SSSR count). The van der Waals surface area contributed by atoms with E-state index in [1.54, 1.807) is 0 Å². The number of alkyl halides is 1. The molecule has 28 heavy (non-hydrogen) atoms. The highest BCUT2D eigenvalue weighted by atomic mass is 127. The Morgan fingerprint density at radius 2 is 1.86 bits per heavy atom. The van der Waals surface area contributed by atoms with Crippen LogP contribution in [0.25, 0.3) is 22.3 Å². The minimum absolute atomic E-state index is 0.485. The predicted molar refractivity (Wildman–Crippen MR) is 118 cm³/mol. The van der Waals surface area contributed by atoms with E-state index < -0.39 is 0 Å². The van der Waals surface area contributed by atoms with E-state index in [4.69, 9.17) is 14.7 Å². The number of halogens is 1. The normalized spacial score (nSPS) is 12.4. The van der Waals surface area contributed by atoms with Gasteiger partial charge in [-0.25, -0.2) is 9.97 Å². The fraction of sp³-hybridized carbons (Fsp3) is 0.200. The fourth-order valence-electron chi connectivity index (χ4n) is 3.21. The third-order valence-electron chi connectivity index (χ3n) is 4.45. The maximum Gasteiger partial charge on any atom is 0.247 e. The number of para-hydroxylation sites is 1. The highest BCUT2D eigenvalue weighted by Gasteiger charge is 2.19. The molecule has 0 aliphatic carbocycles. The summed E-state index contributed by atoms with van der Waals surface area (Å²) in [5.41, 5.74) is 4.21. The van der Waals surface area contributed by atoms with Crippen molar-refractivity contribution in [3.8, 4) is 11.4 Å². The van der Waals surface area contributed by atoms with Crippen molar-refractivity contribution < 1.29 is 4.74 Å². The number of anilines is 2. The Bertz CT molecular complexity index is 1130. The molecule has 8 heteroatoms. The molecule has 3 heterocycles. The smallest absolute Gasteiger partial charge is 0.247 e. The van der Waals surface area contributed by atoms with Crippen LogP contribution in [0.4, 0.5) is 11.8 Å². The van der Waals surface area contributed by atoms with Crippen molar-refractivity contribution >= 4 is 45.3 Å². The minimum atomic E-state index is 0.485. The van der Waals surface area contributed by atoms with E-state index in [2.05, 4.69) is 49.2 Å². The van der Waals surface area contributed by atoms with Crippen LogP contribution in [0.1, 0.15) is 17.0 Å². The number of aromatic amines is 1. The lowest BCUT2D eigenvalue weighted by Gasteiger charge is -2.11. The van der Waals surface area contributed by atoms with Crippen LogP contribution >= 0.6 is 22.6 Å². The second kappa shape index (κ2) is 8.19. The molecule has 1 aliphatic rings. The Labute approximate surface area is 176 Å². The van der Waals surface area contributed by atoms with Gasteiger partial charge in [-0.15, -0.1) is 5.10 Å². The van der Waals surface area contributed by atoms with Crippen LogP contribution in [0, 0.1) is 6.92 Å². The first-order chi connectivity index (χ1) is 13.8. The fourth-order valence-corrected chi connectivity index (χ4v) is 3.21. The molecular weight excluding hydrogens is 467 g/mol. The summed E-state index contributed by atoms with van der Waals surface area (Å²) < 4.78 is 5.60. The summed E-state index contributed by atoms with van der Waals surface area (Å²) in [4.78, 5) is 15.8. The van der Waals surface area contributed by atoms with Crippen LogP contribution in [-0.4, -0.2) is 30.1 Å². The highest BCUT2D eigenvalue weighted by molar-refractivity contribution is 14.1. The zero-order valence-electron chi connectivity index (χ0n) is 15.5. The highest BCUT2D eigenvalue weighted by Crippen LogP contribution is 2.32. The number of nitrogens with one attached hydrogen (secondary N) is 2. The number of ether oxygens (including phenoxy) is 1. The Morgan fingerprint density at radius 3 is 2.68 bits per heavy atom. The number of aromatic nitrogens is 5. The van der Waals surface area contributed by atoms with E-state index >= 15 is 0 Å². The number of hydrogen-bond donors (Lipinski definition) is 2. The van der Waals surface area contributed by atoms with Gasteiger partial charge in [-0.3, -0.25) is 5.10 Å². The van der Waals surface area contributed by atoms with Crippen LogP contribution in [0.15, 0.2) is 42.5 Å². The zero-order valence-corrected chi connectivity index (χ0v) is 17.7. The second-order valence-electron chi connectivity index (χ2n) is 6.22. The standard InChI is InChI=1S/C19H16N6O.CH3I/c1-11-20-19(25-24-11)23-18-14-6-2-3-8-16(14)21-17(22-18)13-7-4-5-12-9-26-10-15(12)13;1-2/h2-8H,9-10H2,1H3,(H2,20,21,22,23,24,25);1H3. The van der Waals surface area contributed by atoms with E-state index in [0.717, 1.165) is 27.9 Å². The number of benzene rings is 2. The molecule has 0 unspecified atom stereocenters. The Balaban J connectivity index is 0.000000932.